The van der Waals surface area contributed by atoms with Crippen molar-refractivity contribution in [2.24, 2.45) is 5.92 Å². The summed E-state index contributed by atoms with van der Waals surface area (Å²) in [5, 5.41) is 18.4. The van der Waals surface area contributed by atoms with Crippen LogP contribution in [0, 0.1) is 5.92 Å². The van der Waals surface area contributed by atoms with Gasteiger partial charge in [0.25, 0.3) is 0 Å². The third kappa shape index (κ3) is 2.81. The highest BCUT2D eigenvalue weighted by atomic mass is 16.4. The fourth-order valence-corrected chi connectivity index (χ4v) is 1.29. The van der Waals surface area contributed by atoms with Crippen LogP contribution >= 0.6 is 0 Å². The summed E-state index contributed by atoms with van der Waals surface area (Å²) in [6, 6.07) is 0. The van der Waals surface area contributed by atoms with Crippen molar-refractivity contribution >= 4 is 5.97 Å². The van der Waals surface area contributed by atoms with E-state index in [0.717, 1.165) is 6.42 Å². The molecule has 2 N–H and O–H groups in total. The van der Waals surface area contributed by atoms with Crippen LogP contribution < -0.4 is 0 Å². The van der Waals surface area contributed by atoms with Crippen molar-refractivity contribution in [2.75, 3.05) is 0 Å². The molecule has 0 aromatic carbocycles. The number of hydrogen-bond acceptors (Lipinski definition) is 2. The van der Waals surface area contributed by atoms with Gasteiger partial charge in [0.1, 0.15) is 0 Å². The maximum atomic E-state index is 10.4. The second-order valence-electron chi connectivity index (χ2n) is 3.34. The Morgan fingerprint density at radius 3 is 2.25 bits per heavy atom. The van der Waals surface area contributed by atoms with Crippen molar-refractivity contribution in [2.45, 2.75) is 45.6 Å². The first-order valence-corrected chi connectivity index (χ1v) is 4.40. The van der Waals surface area contributed by atoms with Gasteiger partial charge >= 0.3 is 5.97 Å². The van der Waals surface area contributed by atoms with Gasteiger partial charge in [-0.2, -0.15) is 0 Å². The summed E-state index contributed by atoms with van der Waals surface area (Å²) in [4.78, 5) is 10.4. The summed E-state index contributed by atoms with van der Waals surface area (Å²) in [6.07, 6.45) is 1.14. The smallest absolute Gasteiger partial charge is 0.306 e. The zero-order chi connectivity index (χ0) is 9.78. The van der Waals surface area contributed by atoms with Crippen LogP contribution in [0.1, 0.15) is 40.0 Å². The number of aliphatic hydroxyl groups is 1. The molecule has 0 bridgehead atoms. The normalized spacial score (nSPS) is 18.3. The molecule has 0 aromatic heterocycles. The summed E-state index contributed by atoms with van der Waals surface area (Å²) in [6.45, 7) is 5.65. The van der Waals surface area contributed by atoms with E-state index in [1.54, 1.807) is 0 Å². The Morgan fingerprint density at radius 2 is 2.00 bits per heavy atom. The summed E-state index contributed by atoms with van der Waals surface area (Å²) >= 11 is 0. The Labute approximate surface area is 73.4 Å². The Balaban J connectivity index is 4.32. The number of rotatable bonds is 5. The van der Waals surface area contributed by atoms with E-state index in [9.17, 15) is 9.90 Å². The number of hydrogen-bond donors (Lipinski definition) is 2. The molecule has 3 heteroatoms. The number of carbonyl (C=O) groups is 1. The SMILES string of the molecule is CCC(C)C(O)(CC)CC(=O)O. The molecule has 0 saturated heterocycles. The molecule has 12 heavy (non-hydrogen) atoms. The van der Waals surface area contributed by atoms with Gasteiger partial charge in [0.05, 0.1) is 12.0 Å². The maximum absolute atomic E-state index is 10.4. The van der Waals surface area contributed by atoms with Gasteiger partial charge in [0.15, 0.2) is 0 Å². The predicted octanol–water partition coefficient (Wildman–Crippen LogP) is 1.65. The molecule has 0 aliphatic rings. The summed E-state index contributed by atoms with van der Waals surface area (Å²) in [5.41, 5.74) is -1.03. The molecule has 72 valence electrons. The molecule has 0 saturated carbocycles. The van der Waals surface area contributed by atoms with E-state index in [4.69, 9.17) is 5.11 Å². The quantitative estimate of drug-likeness (QED) is 0.666. The highest BCUT2D eigenvalue weighted by Crippen LogP contribution is 2.27. The van der Waals surface area contributed by atoms with Gasteiger partial charge in [-0.05, 0) is 12.3 Å². The predicted molar refractivity (Wildman–Crippen MR) is 46.9 cm³/mol. The molecule has 2 atom stereocenters. The first-order valence-electron chi connectivity index (χ1n) is 4.40. The third-order valence-corrected chi connectivity index (χ3v) is 2.60. The van der Waals surface area contributed by atoms with Crippen molar-refractivity contribution in [3.63, 3.8) is 0 Å². The van der Waals surface area contributed by atoms with E-state index in [2.05, 4.69) is 0 Å². The molecule has 0 aliphatic carbocycles. The van der Waals surface area contributed by atoms with Crippen LogP contribution in [0.3, 0.4) is 0 Å². The Morgan fingerprint density at radius 1 is 1.50 bits per heavy atom. The first kappa shape index (κ1) is 11.4. The Hall–Kier alpha value is -0.570. The molecular weight excluding hydrogens is 156 g/mol. The van der Waals surface area contributed by atoms with Crippen molar-refractivity contribution < 1.29 is 15.0 Å². The zero-order valence-corrected chi connectivity index (χ0v) is 8.00. The monoisotopic (exact) mass is 174 g/mol. The first-order chi connectivity index (χ1) is 5.46. The van der Waals surface area contributed by atoms with Crippen LogP contribution in [0.25, 0.3) is 0 Å². The van der Waals surface area contributed by atoms with Crippen LogP contribution in [0.15, 0.2) is 0 Å². The average molecular weight is 174 g/mol. The second kappa shape index (κ2) is 4.45. The van der Waals surface area contributed by atoms with Gasteiger partial charge in [-0.1, -0.05) is 27.2 Å². The average Bonchev–Trinajstić information content (AvgIpc) is 2.01. The van der Waals surface area contributed by atoms with Crippen molar-refractivity contribution in [3.05, 3.63) is 0 Å². The minimum atomic E-state index is -1.03. The summed E-state index contributed by atoms with van der Waals surface area (Å²) in [7, 11) is 0. The number of aliphatic carboxylic acids is 1. The zero-order valence-electron chi connectivity index (χ0n) is 8.00. The topological polar surface area (TPSA) is 57.5 Å². The van der Waals surface area contributed by atoms with E-state index in [-0.39, 0.29) is 12.3 Å². The molecule has 0 fully saturated rings. The van der Waals surface area contributed by atoms with Gasteiger partial charge in [-0.3, -0.25) is 4.79 Å². The van der Waals surface area contributed by atoms with E-state index >= 15 is 0 Å². The molecule has 0 spiro atoms. The van der Waals surface area contributed by atoms with E-state index in [1.165, 1.54) is 0 Å². The summed E-state index contributed by atoms with van der Waals surface area (Å²) in [5.74, 6) is -0.891. The molecule has 0 amide bonds. The van der Waals surface area contributed by atoms with E-state index < -0.39 is 11.6 Å². The van der Waals surface area contributed by atoms with Gasteiger partial charge in [0, 0.05) is 0 Å². The fourth-order valence-electron chi connectivity index (χ4n) is 1.29. The largest absolute Gasteiger partial charge is 0.481 e. The van der Waals surface area contributed by atoms with Crippen molar-refractivity contribution in [1.82, 2.24) is 0 Å². The lowest BCUT2D eigenvalue weighted by Gasteiger charge is -2.31. The highest BCUT2D eigenvalue weighted by molar-refractivity contribution is 5.68. The minimum Gasteiger partial charge on any atom is -0.481 e. The fraction of sp³-hybridized carbons (Fsp3) is 0.889. The van der Waals surface area contributed by atoms with Gasteiger partial charge in [-0.15, -0.1) is 0 Å². The Bertz CT molecular complexity index is 156. The van der Waals surface area contributed by atoms with Crippen LogP contribution in [-0.4, -0.2) is 21.8 Å². The molecule has 0 aliphatic heterocycles. The lowest BCUT2D eigenvalue weighted by atomic mass is 9.82. The standard InChI is InChI=1S/C9H18O3/c1-4-7(3)9(12,5-2)6-8(10)11/h7,12H,4-6H2,1-3H3,(H,10,11). The van der Waals surface area contributed by atoms with Crippen molar-refractivity contribution in [1.29, 1.82) is 0 Å². The van der Waals surface area contributed by atoms with Crippen LogP contribution in [-0.2, 0) is 4.79 Å². The molecule has 3 nitrogen and oxygen atoms in total. The lowest BCUT2D eigenvalue weighted by molar-refractivity contribution is -0.145. The van der Waals surface area contributed by atoms with Crippen LogP contribution in [0.4, 0.5) is 0 Å². The third-order valence-electron chi connectivity index (χ3n) is 2.60. The van der Waals surface area contributed by atoms with E-state index in [0.29, 0.717) is 6.42 Å². The Kier molecular flexibility index (Phi) is 4.24. The molecule has 0 aromatic rings. The van der Waals surface area contributed by atoms with Crippen LogP contribution in [0.5, 0.6) is 0 Å². The number of carboxylic acids is 1. The molecule has 2 unspecified atom stereocenters. The molecule has 0 heterocycles. The lowest BCUT2D eigenvalue weighted by Crippen LogP contribution is -2.37. The van der Waals surface area contributed by atoms with Crippen molar-refractivity contribution in [3.8, 4) is 0 Å². The van der Waals surface area contributed by atoms with Gasteiger partial charge < -0.3 is 10.2 Å². The molecule has 0 radical (unpaired) electrons. The highest BCUT2D eigenvalue weighted by Gasteiger charge is 2.33. The molecular formula is C9H18O3. The molecule has 0 rings (SSSR count). The van der Waals surface area contributed by atoms with Gasteiger partial charge in [0.2, 0.25) is 0 Å². The minimum absolute atomic E-state index is 0.0404. The maximum Gasteiger partial charge on any atom is 0.306 e. The summed E-state index contributed by atoms with van der Waals surface area (Å²) < 4.78 is 0. The van der Waals surface area contributed by atoms with E-state index in [1.807, 2.05) is 20.8 Å². The number of carboxylic acid groups (broad SMARTS) is 1. The van der Waals surface area contributed by atoms with Crippen LogP contribution in [0.2, 0.25) is 0 Å². The second-order valence-corrected chi connectivity index (χ2v) is 3.34. The van der Waals surface area contributed by atoms with Gasteiger partial charge in [-0.25, -0.2) is 0 Å².